The molecule has 4 aromatic rings. The summed E-state index contributed by atoms with van der Waals surface area (Å²) in [6, 6.07) is 22.0. The Morgan fingerprint density at radius 3 is 2.62 bits per heavy atom. The average molecular weight is 446 g/mol. The van der Waals surface area contributed by atoms with Crippen LogP contribution in [0, 0.1) is 0 Å². The summed E-state index contributed by atoms with van der Waals surface area (Å²) in [5.41, 5.74) is 3.77. The Labute approximate surface area is 193 Å². The molecule has 1 atom stereocenters. The van der Waals surface area contributed by atoms with Crippen molar-refractivity contribution in [1.82, 2.24) is 15.2 Å². The monoisotopic (exact) mass is 445 g/mol. The molecule has 2 N–H and O–H groups in total. The summed E-state index contributed by atoms with van der Waals surface area (Å²) in [6.07, 6.45) is 2.59. The van der Waals surface area contributed by atoms with E-state index >= 15 is 0 Å². The van der Waals surface area contributed by atoms with Gasteiger partial charge in [-0.25, -0.2) is 0 Å². The first kappa shape index (κ1) is 21.8. The van der Waals surface area contributed by atoms with E-state index in [1.807, 2.05) is 53.4 Å². The van der Waals surface area contributed by atoms with Crippen molar-refractivity contribution < 1.29 is 4.42 Å². The lowest BCUT2D eigenvalue weighted by Crippen LogP contribution is -2.41. The maximum Gasteiger partial charge on any atom is 0.253 e. The minimum atomic E-state index is -0.106. The van der Waals surface area contributed by atoms with Crippen LogP contribution in [0.25, 0.3) is 10.9 Å². The second-order valence-corrected chi connectivity index (χ2v) is 8.30. The van der Waals surface area contributed by atoms with Crippen LogP contribution in [0.4, 0.5) is 0 Å². The standard InChI is InChI=1S/C26H27N3O2S/c1-3-19-11-12-24-21(14-19)15-22(25(30)28-24)16-29(17-23-10-7-13-31-23)26(32)27-18(2)20-8-5-4-6-9-20/h4-15,18H,3,16-17H2,1-2H3,(H,27,32)(H,28,30). The third kappa shape index (κ3) is 5.08. The van der Waals surface area contributed by atoms with E-state index in [0.29, 0.717) is 23.8 Å². The summed E-state index contributed by atoms with van der Waals surface area (Å²) in [5, 5.41) is 5.00. The molecule has 0 aliphatic heterocycles. The van der Waals surface area contributed by atoms with Crippen molar-refractivity contribution in [2.45, 2.75) is 39.4 Å². The van der Waals surface area contributed by atoms with Gasteiger partial charge in [0.2, 0.25) is 0 Å². The van der Waals surface area contributed by atoms with Crippen LogP contribution in [0.5, 0.6) is 0 Å². The number of rotatable bonds is 7. The van der Waals surface area contributed by atoms with Gasteiger partial charge in [0, 0.05) is 11.1 Å². The Balaban J connectivity index is 1.61. The fraction of sp³-hybridized carbons (Fsp3) is 0.231. The third-order valence-corrected chi connectivity index (χ3v) is 5.98. The number of H-pyrrole nitrogens is 1. The zero-order valence-electron chi connectivity index (χ0n) is 18.3. The van der Waals surface area contributed by atoms with Gasteiger partial charge in [-0.3, -0.25) is 4.79 Å². The lowest BCUT2D eigenvalue weighted by Gasteiger charge is -2.27. The number of benzene rings is 2. The van der Waals surface area contributed by atoms with Gasteiger partial charge < -0.3 is 19.6 Å². The maximum absolute atomic E-state index is 12.8. The molecule has 0 saturated heterocycles. The highest BCUT2D eigenvalue weighted by molar-refractivity contribution is 7.80. The van der Waals surface area contributed by atoms with E-state index < -0.39 is 0 Å². The Hall–Kier alpha value is -3.38. The van der Waals surface area contributed by atoms with Gasteiger partial charge in [-0.2, -0.15) is 0 Å². The lowest BCUT2D eigenvalue weighted by molar-refractivity contribution is 0.347. The van der Waals surface area contributed by atoms with Gasteiger partial charge in [0.25, 0.3) is 5.56 Å². The van der Waals surface area contributed by atoms with Gasteiger partial charge in [-0.05, 0) is 72.4 Å². The van der Waals surface area contributed by atoms with Crippen molar-refractivity contribution in [3.8, 4) is 0 Å². The molecule has 1 unspecified atom stereocenters. The van der Waals surface area contributed by atoms with E-state index in [0.717, 1.165) is 28.6 Å². The molecule has 0 fully saturated rings. The molecular weight excluding hydrogens is 418 g/mol. The van der Waals surface area contributed by atoms with E-state index in [1.54, 1.807) is 6.26 Å². The van der Waals surface area contributed by atoms with Crippen LogP contribution in [0.15, 0.2) is 82.2 Å². The van der Waals surface area contributed by atoms with Gasteiger partial charge in [0.1, 0.15) is 5.76 Å². The van der Waals surface area contributed by atoms with Crippen molar-refractivity contribution in [2.75, 3.05) is 0 Å². The molecule has 5 nitrogen and oxygen atoms in total. The van der Waals surface area contributed by atoms with E-state index in [4.69, 9.17) is 16.6 Å². The maximum atomic E-state index is 12.8. The van der Waals surface area contributed by atoms with Crippen LogP contribution in [0.2, 0.25) is 0 Å². The number of fused-ring (bicyclic) bond motifs is 1. The van der Waals surface area contributed by atoms with Crippen molar-refractivity contribution in [3.63, 3.8) is 0 Å². The van der Waals surface area contributed by atoms with E-state index in [-0.39, 0.29) is 11.6 Å². The number of nitrogens with one attached hydrogen (secondary N) is 2. The second kappa shape index (κ2) is 9.83. The van der Waals surface area contributed by atoms with Gasteiger partial charge in [-0.15, -0.1) is 0 Å². The first-order chi connectivity index (χ1) is 15.5. The zero-order valence-corrected chi connectivity index (χ0v) is 19.1. The third-order valence-electron chi connectivity index (χ3n) is 5.61. The highest BCUT2D eigenvalue weighted by Gasteiger charge is 2.17. The van der Waals surface area contributed by atoms with E-state index in [1.165, 1.54) is 5.56 Å². The molecule has 2 heterocycles. The molecule has 0 amide bonds. The van der Waals surface area contributed by atoms with Gasteiger partial charge in [0.05, 0.1) is 25.4 Å². The van der Waals surface area contributed by atoms with Crippen LogP contribution in [-0.2, 0) is 19.5 Å². The fourth-order valence-corrected chi connectivity index (χ4v) is 4.04. The van der Waals surface area contributed by atoms with Crippen LogP contribution in [0.1, 0.15) is 42.3 Å². The number of thiocarbonyl (C=S) groups is 1. The van der Waals surface area contributed by atoms with Crippen LogP contribution < -0.4 is 10.9 Å². The smallest absolute Gasteiger partial charge is 0.253 e. The minimum absolute atomic E-state index is 0.0322. The number of aryl methyl sites for hydroxylation is 1. The van der Waals surface area contributed by atoms with Gasteiger partial charge in [0.15, 0.2) is 5.11 Å². The summed E-state index contributed by atoms with van der Waals surface area (Å²) < 4.78 is 5.56. The Kier molecular flexibility index (Phi) is 6.71. The molecule has 4 rings (SSSR count). The highest BCUT2D eigenvalue weighted by Crippen LogP contribution is 2.18. The molecule has 6 heteroatoms. The molecule has 0 aliphatic rings. The molecule has 2 aromatic carbocycles. The zero-order chi connectivity index (χ0) is 22.5. The quantitative estimate of drug-likeness (QED) is 0.377. The SMILES string of the molecule is CCc1ccc2[nH]c(=O)c(CN(Cc3ccco3)C(=S)NC(C)c3ccccc3)cc2c1. The number of aromatic nitrogens is 1. The number of pyridine rings is 1. The fourth-order valence-electron chi connectivity index (χ4n) is 3.74. The summed E-state index contributed by atoms with van der Waals surface area (Å²) in [7, 11) is 0. The molecule has 0 bridgehead atoms. The number of nitrogens with zero attached hydrogens (tertiary/aromatic N) is 1. The average Bonchev–Trinajstić information content (AvgIpc) is 3.32. The molecule has 0 spiro atoms. The predicted octanol–water partition coefficient (Wildman–Crippen LogP) is 5.32. The topological polar surface area (TPSA) is 61.3 Å². The molecule has 2 aromatic heterocycles. The lowest BCUT2D eigenvalue weighted by atomic mass is 10.1. The normalized spacial score (nSPS) is 11.9. The van der Waals surface area contributed by atoms with Gasteiger partial charge in [-0.1, -0.05) is 43.3 Å². The van der Waals surface area contributed by atoms with E-state index in [9.17, 15) is 4.79 Å². The predicted molar refractivity (Wildman–Crippen MR) is 132 cm³/mol. The second-order valence-electron chi connectivity index (χ2n) is 7.92. The van der Waals surface area contributed by atoms with Crippen molar-refractivity contribution in [3.05, 3.63) is 106 Å². The Bertz CT molecular complexity index is 1250. The van der Waals surface area contributed by atoms with Gasteiger partial charge >= 0.3 is 0 Å². The first-order valence-corrected chi connectivity index (χ1v) is 11.2. The molecule has 0 radical (unpaired) electrons. The molecule has 0 aliphatic carbocycles. The van der Waals surface area contributed by atoms with Crippen LogP contribution >= 0.6 is 12.2 Å². The largest absolute Gasteiger partial charge is 0.467 e. The number of aromatic amines is 1. The van der Waals surface area contributed by atoms with Crippen molar-refractivity contribution in [1.29, 1.82) is 0 Å². The summed E-state index contributed by atoms with van der Waals surface area (Å²) in [5.74, 6) is 0.784. The van der Waals surface area contributed by atoms with Crippen molar-refractivity contribution in [2.24, 2.45) is 0 Å². The van der Waals surface area contributed by atoms with Crippen LogP contribution in [-0.4, -0.2) is 15.0 Å². The van der Waals surface area contributed by atoms with Crippen LogP contribution in [0.3, 0.4) is 0 Å². The highest BCUT2D eigenvalue weighted by atomic mass is 32.1. The number of furan rings is 1. The van der Waals surface area contributed by atoms with Crippen molar-refractivity contribution >= 4 is 28.2 Å². The first-order valence-electron chi connectivity index (χ1n) is 10.8. The summed E-state index contributed by atoms with van der Waals surface area (Å²) in [4.78, 5) is 17.8. The Morgan fingerprint density at radius 2 is 1.91 bits per heavy atom. The van der Waals surface area contributed by atoms with E-state index in [2.05, 4.69) is 42.3 Å². The summed E-state index contributed by atoms with van der Waals surface area (Å²) in [6.45, 7) is 5.03. The summed E-state index contributed by atoms with van der Waals surface area (Å²) >= 11 is 5.76. The molecule has 164 valence electrons. The number of hydrogen-bond acceptors (Lipinski definition) is 3. The minimum Gasteiger partial charge on any atom is -0.467 e. The Morgan fingerprint density at radius 1 is 1.09 bits per heavy atom. The molecule has 0 saturated carbocycles. The number of hydrogen-bond donors (Lipinski definition) is 2. The molecular formula is C26H27N3O2S. The molecule has 32 heavy (non-hydrogen) atoms.